The Kier molecular flexibility index (Phi) is 5.53. The molecular formula is C23H27FN4O. The SMILES string of the molecule is CC1CCc2c(ccc(C(C=NC3CNC3)=CN)c2Oc2ccccc2F)N1C. The van der Waals surface area contributed by atoms with Gasteiger partial charge in [-0.1, -0.05) is 12.1 Å². The van der Waals surface area contributed by atoms with E-state index in [1.54, 1.807) is 30.6 Å². The van der Waals surface area contributed by atoms with Crippen LogP contribution < -0.4 is 20.7 Å². The Balaban J connectivity index is 1.79. The molecule has 1 unspecified atom stereocenters. The second-order valence-corrected chi connectivity index (χ2v) is 7.68. The number of para-hydroxylation sites is 1. The van der Waals surface area contributed by atoms with Crippen molar-refractivity contribution in [2.75, 3.05) is 25.0 Å². The molecule has 152 valence electrons. The van der Waals surface area contributed by atoms with Crippen LogP contribution in [0.4, 0.5) is 10.1 Å². The molecule has 2 heterocycles. The number of nitrogens with one attached hydrogen (secondary N) is 1. The summed E-state index contributed by atoms with van der Waals surface area (Å²) in [4.78, 5) is 6.85. The Bertz CT molecular complexity index is 952. The smallest absolute Gasteiger partial charge is 0.165 e. The maximum atomic E-state index is 14.4. The average Bonchev–Trinajstić information content (AvgIpc) is 2.69. The molecule has 2 aliphatic rings. The molecule has 0 spiro atoms. The standard InChI is InChI=1S/C23H27FN4O/c1-15-7-8-19-21(28(15)2)10-9-18(16(11-25)12-27-17-13-26-14-17)23(19)29-22-6-4-3-5-20(22)24/h3-6,9-12,15,17,26H,7-8,13-14,25H2,1-2H3. The Hall–Kier alpha value is -2.86. The summed E-state index contributed by atoms with van der Waals surface area (Å²) in [6.07, 6.45) is 5.21. The molecule has 0 aromatic heterocycles. The van der Waals surface area contributed by atoms with Crippen LogP contribution in [-0.4, -0.2) is 38.4 Å². The lowest BCUT2D eigenvalue weighted by Gasteiger charge is -2.35. The first-order chi connectivity index (χ1) is 14.1. The zero-order valence-electron chi connectivity index (χ0n) is 16.9. The third-order valence-electron chi connectivity index (χ3n) is 5.81. The normalized spacial score (nSPS) is 19.9. The topological polar surface area (TPSA) is 62.9 Å². The third-order valence-corrected chi connectivity index (χ3v) is 5.81. The highest BCUT2D eigenvalue weighted by Crippen LogP contribution is 2.42. The minimum atomic E-state index is -0.388. The van der Waals surface area contributed by atoms with Crippen molar-refractivity contribution in [3.05, 3.63) is 59.5 Å². The molecule has 0 amide bonds. The van der Waals surface area contributed by atoms with Gasteiger partial charge in [0.25, 0.3) is 0 Å². The number of rotatable bonds is 5. The van der Waals surface area contributed by atoms with E-state index in [1.165, 1.54) is 6.07 Å². The molecule has 2 aromatic rings. The van der Waals surface area contributed by atoms with Crippen molar-refractivity contribution in [1.29, 1.82) is 0 Å². The molecule has 0 aliphatic carbocycles. The number of halogens is 1. The van der Waals surface area contributed by atoms with Crippen LogP contribution in [0.25, 0.3) is 5.57 Å². The molecule has 3 N–H and O–H groups in total. The number of ether oxygens (including phenoxy) is 1. The maximum absolute atomic E-state index is 14.4. The fourth-order valence-electron chi connectivity index (χ4n) is 3.72. The second kappa shape index (κ2) is 8.25. The van der Waals surface area contributed by atoms with Crippen molar-refractivity contribution in [2.24, 2.45) is 10.7 Å². The van der Waals surface area contributed by atoms with Crippen LogP contribution in [-0.2, 0) is 6.42 Å². The van der Waals surface area contributed by atoms with Gasteiger partial charge in [-0.05, 0) is 44.0 Å². The van der Waals surface area contributed by atoms with Crippen molar-refractivity contribution in [3.63, 3.8) is 0 Å². The quantitative estimate of drug-likeness (QED) is 0.759. The van der Waals surface area contributed by atoms with Crippen LogP contribution >= 0.6 is 0 Å². The van der Waals surface area contributed by atoms with E-state index >= 15 is 0 Å². The van der Waals surface area contributed by atoms with Crippen molar-refractivity contribution in [3.8, 4) is 11.5 Å². The number of nitrogens with two attached hydrogens (primary N) is 1. The minimum absolute atomic E-state index is 0.208. The molecule has 0 saturated carbocycles. The van der Waals surface area contributed by atoms with Gasteiger partial charge in [-0.25, -0.2) is 4.39 Å². The average molecular weight is 394 g/mol. The molecule has 6 heteroatoms. The van der Waals surface area contributed by atoms with Gasteiger partial charge in [0, 0.05) is 61.0 Å². The van der Waals surface area contributed by atoms with Gasteiger partial charge in [0.05, 0.1) is 6.04 Å². The van der Waals surface area contributed by atoms with Crippen molar-refractivity contribution in [1.82, 2.24) is 5.32 Å². The Morgan fingerprint density at radius 1 is 1.28 bits per heavy atom. The first kappa shape index (κ1) is 19.5. The van der Waals surface area contributed by atoms with Gasteiger partial charge in [0.15, 0.2) is 11.6 Å². The van der Waals surface area contributed by atoms with E-state index in [-0.39, 0.29) is 17.6 Å². The number of nitrogens with zero attached hydrogens (tertiary/aromatic N) is 2. The first-order valence-electron chi connectivity index (χ1n) is 10.1. The van der Waals surface area contributed by atoms with Crippen molar-refractivity contribution < 1.29 is 9.13 Å². The minimum Gasteiger partial charge on any atom is -0.453 e. The predicted molar refractivity (Wildman–Crippen MR) is 116 cm³/mol. The van der Waals surface area contributed by atoms with Gasteiger partial charge in [-0.3, -0.25) is 4.99 Å². The van der Waals surface area contributed by atoms with Crippen LogP contribution in [0.2, 0.25) is 0 Å². The zero-order chi connectivity index (χ0) is 20.4. The van der Waals surface area contributed by atoms with Crippen LogP contribution in [0.1, 0.15) is 24.5 Å². The third kappa shape index (κ3) is 3.85. The Morgan fingerprint density at radius 3 is 2.76 bits per heavy atom. The van der Waals surface area contributed by atoms with E-state index in [1.807, 2.05) is 6.07 Å². The molecular weight excluding hydrogens is 367 g/mol. The van der Waals surface area contributed by atoms with E-state index in [4.69, 9.17) is 10.5 Å². The molecule has 0 radical (unpaired) electrons. The van der Waals surface area contributed by atoms with Gasteiger partial charge in [-0.2, -0.15) is 0 Å². The molecule has 2 aromatic carbocycles. The highest BCUT2D eigenvalue weighted by Gasteiger charge is 2.26. The predicted octanol–water partition coefficient (Wildman–Crippen LogP) is 3.73. The molecule has 0 bridgehead atoms. The van der Waals surface area contributed by atoms with E-state index in [2.05, 4.69) is 35.2 Å². The summed E-state index contributed by atoms with van der Waals surface area (Å²) >= 11 is 0. The van der Waals surface area contributed by atoms with Crippen LogP contribution in [0.5, 0.6) is 11.5 Å². The van der Waals surface area contributed by atoms with E-state index in [0.29, 0.717) is 11.8 Å². The molecule has 4 rings (SSSR count). The summed E-state index contributed by atoms with van der Waals surface area (Å²) < 4.78 is 20.5. The summed E-state index contributed by atoms with van der Waals surface area (Å²) in [5, 5.41) is 3.21. The van der Waals surface area contributed by atoms with Crippen LogP contribution in [0.3, 0.4) is 0 Å². The fourth-order valence-corrected chi connectivity index (χ4v) is 3.72. The number of hydrogen-bond donors (Lipinski definition) is 2. The number of benzene rings is 2. The maximum Gasteiger partial charge on any atom is 0.165 e. The lowest BCUT2D eigenvalue weighted by atomic mass is 9.92. The van der Waals surface area contributed by atoms with E-state index < -0.39 is 0 Å². The number of hydrogen-bond acceptors (Lipinski definition) is 5. The molecule has 1 fully saturated rings. The number of aliphatic imine (C=N–C) groups is 1. The molecule has 1 atom stereocenters. The number of fused-ring (bicyclic) bond motifs is 1. The summed E-state index contributed by atoms with van der Waals surface area (Å²) in [5.74, 6) is 0.474. The summed E-state index contributed by atoms with van der Waals surface area (Å²) in [7, 11) is 2.08. The van der Waals surface area contributed by atoms with Gasteiger partial charge >= 0.3 is 0 Å². The lowest BCUT2D eigenvalue weighted by Crippen LogP contribution is -2.45. The molecule has 2 aliphatic heterocycles. The van der Waals surface area contributed by atoms with Gasteiger partial charge in [0.2, 0.25) is 0 Å². The molecule has 29 heavy (non-hydrogen) atoms. The number of allylic oxidation sites excluding steroid dienone is 1. The van der Waals surface area contributed by atoms with Crippen molar-refractivity contribution >= 4 is 17.5 Å². The molecule has 5 nitrogen and oxygen atoms in total. The van der Waals surface area contributed by atoms with E-state index in [9.17, 15) is 4.39 Å². The molecule has 1 saturated heterocycles. The fraction of sp³-hybridized carbons (Fsp3) is 0.348. The highest BCUT2D eigenvalue weighted by molar-refractivity contribution is 6.11. The van der Waals surface area contributed by atoms with Crippen molar-refractivity contribution in [2.45, 2.75) is 31.8 Å². The largest absolute Gasteiger partial charge is 0.453 e. The highest BCUT2D eigenvalue weighted by atomic mass is 19.1. The zero-order valence-corrected chi connectivity index (χ0v) is 16.9. The van der Waals surface area contributed by atoms with Gasteiger partial charge in [-0.15, -0.1) is 0 Å². The number of anilines is 1. The first-order valence-corrected chi connectivity index (χ1v) is 10.1. The second-order valence-electron chi connectivity index (χ2n) is 7.68. The van der Waals surface area contributed by atoms with E-state index in [0.717, 1.165) is 48.3 Å². The van der Waals surface area contributed by atoms with Gasteiger partial charge < -0.3 is 20.7 Å². The van der Waals surface area contributed by atoms with Gasteiger partial charge in [0.1, 0.15) is 5.75 Å². The summed E-state index contributed by atoms with van der Waals surface area (Å²) in [6, 6.07) is 11.3. The Morgan fingerprint density at radius 2 is 2.07 bits per heavy atom. The monoisotopic (exact) mass is 394 g/mol. The lowest BCUT2D eigenvalue weighted by molar-refractivity contribution is 0.433. The summed E-state index contributed by atoms with van der Waals surface area (Å²) in [5.41, 5.74) is 9.74. The van der Waals surface area contributed by atoms with Crippen LogP contribution in [0, 0.1) is 5.82 Å². The van der Waals surface area contributed by atoms with Crippen LogP contribution in [0.15, 0.2) is 47.6 Å². The summed E-state index contributed by atoms with van der Waals surface area (Å²) in [6.45, 7) is 3.96. The Labute approximate surface area is 171 Å².